The molecule has 0 saturated carbocycles. The molecule has 3 aliphatic rings. The fraction of sp³-hybridized carbons (Fsp3) is 0.440. The summed E-state index contributed by atoms with van der Waals surface area (Å²) in [5.41, 5.74) is 1.40. The van der Waals surface area contributed by atoms with Crippen molar-refractivity contribution in [3.05, 3.63) is 57.8 Å². The van der Waals surface area contributed by atoms with Gasteiger partial charge in [-0.2, -0.15) is 13.2 Å². The highest BCUT2D eigenvalue weighted by atomic mass is 32.2. The lowest BCUT2D eigenvalue weighted by Gasteiger charge is -2.30. The van der Waals surface area contributed by atoms with E-state index >= 15 is 0 Å². The number of fused-ring (bicyclic) bond motifs is 1. The molecule has 0 bridgehead atoms. The van der Waals surface area contributed by atoms with Crippen LogP contribution in [0.2, 0.25) is 0 Å². The number of benzene rings is 1. The number of nitrogens with zero attached hydrogens (tertiary/aromatic N) is 2. The van der Waals surface area contributed by atoms with E-state index in [-0.39, 0.29) is 52.7 Å². The first-order chi connectivity index (χ1) is 16.2. The summed E-state index contributed by atoms with van der Waals surface area (Å²) >= 11 is 0. The van der Waals surface area contributed by atoms with Gasteiger partial charge in [0.25, 0.3) is 10.0 Å². The number of carbonyl (C=O) groups excluding carboxylic acids is 1. The summed E-state index contributed by atoms with van der Waals surface area (Å²) in [7, 11) is -4.03. The summed E-state index contributed by atoms with van der Waals surface area (Å²) in [6.45, 7) is 7.42. The van der Waals surface area contributed by atoms with Gasteiger partial charge in [0.1, 0.15) is 11.5 Å². The normalized spacial score (nSPS) is 19.1. The van der Waals surface area contributed by atoms with Crippen molar-refractivity contribution in [1.82, 2.24) is 0 Å². The summed E-state index contributed by atoms with van der Waals surface area (Å²) < 4.78 is 68.9. The van der Waals surface area contributed by atoms with Crippen molar-refractivity contribution in [2.75, 3.05) is 16.2 Å². The number of nitrogens with one attached hydrogen (secondary N) is 1. The zero-order valence-corrected chi connectivity index (χ0v) is 20.9. The second-order valence-corrected chi connectivity index (χ2v) is 11.9. The van der Waals surface area contributed by atoms with Crippen LogP contribution in [-0.2, 0) is 10.0 Å². The van der Waals surface area contributed by atoms with E-state index in [1.165, 1.54) is 29.4 Å². The molecule has 0 saturated heterocycles. The number of allylic oxidation sites excluding steroid dienone is 4. The lowest BCUT2D eigenvalue weighted by molar-refractivity contribution is -0.0606. The van der Waals surface area contributed by atoms with Gasteiger partial charge in [0.15, 0.2) is 5.78 Å². The molecule has 0 amide bonds. The number of anilines is 2. The first-order valence-electron chi connectivity index (χ1n) is 11.4. The van der Waals surface area contributed by atoms with E-state index in [0.29, 0.717) is 24.0 Å². The lowest BCUT2D eigenvalue weighted by Crippen LogP contribution is -2.35. The van der Waals surface area contributed by atoms with Crippen molar-refractivity contribution >= 4 is 32.9 Å². The van der Waals surface area contributed by atoms with E-state index in [1.54, 1.807) is 6.08 Å². The maximum Gasteiger partial charge on any atom is 0.429 e. The molecule has 0 aromatic heterocycles. The van der Waals surface area contributed by atoms with Crippen LogP contribution in [0.15, 0.2) is 57.2 Å². The average molecular weight is 508 g/mol. The summed E-state index contributed by atoms with van der Waals surface area (Å²) in [6, 6.07) is 4.49. The third-order valence-corrected chi connectivity index (χ3v) is 8.44. The Kier molecular flexibility index (Phi) is 6.24. The first-order valence-corrected chi connectivity index (χ1v) is 12.8. The van der Waals surface area contributed by atoms with Crippen LogP contribution in [0.4, 0.5) is 24.5 Å². The third kappa shape index (κ3) is 4.94. The van der Waals surface area contributed by atoms with Crippen LogP contribution in [0.3, 0.4) is 0 Å². The highest BCUT2D eigenvalue weighted by molar-refractivity contribution is 7.96. The number of sulfonamides is 1. The Labute approximate surface area is 203 Å². The molecule has 10 heteroatoms. The van der Waals surface area contributed by atoms with Gasteiger partial charge in [-0.1, -0.05) is 32.4 Å². The molecular weight excluding hydrogens is 479 g/mol. The Morgan fingerprint density at radius 2 is 1.77 bits per heavy atom. The number of halogens is 3. The number of carbonyl (C=O) groups is 1. The number of rotatable bonds is 3. The number of aliphatic imine (C=N–C) groups is 1. The van der Waals surface area contributed by atoms with E-state index in [0.717, 1.165) is 5.57 Å². The van der Waals surface area contributed by atoms with E-state index in [2.05, 4.69) is 31.1 Å². The Morgan fingerprint density at radius 3 is 2.34 bits per heavy atom. The van der Waals surface area contributed by atoms with Crippen molar-refractivity contribution in [3.63, 3.8) is 0 Å². The van der Waals surface area contributed by atoms with Gasteiger partial charge in [0.05, 0.1) is 22.8 Å². The molecule has 0 spiro atoms. The number of hydrogen-bond acceptors (Lipinski definition) is 5. The SMILES string of the molecule is CC(=O)c1ccc2c(c1)N(S(=O)(=O)C1=CC=C(C(C)(C)C)CC1)CC1=C(N=C(C(F)(F)F)CC1)N2. The average Bonchev–Trinajstić information content (AvgIpc) is 2.94. The molecule has 1 N–H and O–H groups in total. The van der Waals surface area contributed by atoms with Crippen LogP contribution in [0.1, 0.15) is 63.7 Å². The smallest absolute Gasteiger partial charge is 0.338 e. The summed E-state index contributed by atoms with van der Waals surface area (Å²) in [6.07, 6.45) is -0.509. The molecule has 35 heavy (non-hydrogen) atoms. The van der Waals surface area contributed by atoms with Crippen LogP contribution in [0.25, 0.3) is 0 Å². The van der Waals surface area contributed by atoms with E-state index < -0.39 is 21.9 Å². The minimum absolute atomic E-state index is 0.00522. The van der Waals surface area contributed by atoms with Crippen LogP contribution in [0.5, 0.6) is 0 Å². The second-order valence-electron chi connectivity index (χ2n) is 10.0. The van der Waals surface area contributed by atoms with Crippen LogP contribution >= 0.6 is 0 Å². The Bertz CT molecular complexity index is 1310. The number of Topliss-reactive ketones (excluding diaryl/α,β-unsaturated/α-hetero) is 1. The number of hydrogen-bond donors (Lipinski definition) is 1. The zero-order chi connectivity index (χ0) is 25.8. The monoisotopic (exact) mass is 507 g/mol. The quantitative estimate of drug-likeness (QED) is 0.501. The largest absolute Gasteiger partial charge is 0.429 e. The maximum atomic E-state index is 13.9. The Balaban J connectivity index is 1.84. The molecule has 0 fully saturated rings. The highest BCUT2D eigenvalue weighted by Crippen LogP contribution is 2.41. The van der Waals surface area contributed by atoms with Gasteiger partial charge in [-0.05, 0) is 67.9 Å². The van der Waals surface area contributed by atoms with Gasteiger partial charge in [0.2, 0.25) is 0 Å². The van der Waals surface area contributed by atoms with Crippen LogP contribution in [0, 0.1) is 5.41 Å². The molecule has 2 aliphatic heterocycles. The Hall–Kier alpha value is -2.88. The number of ketones is 1. The molecule has 0 unspecified atom stereocenters. The molecule has 6 nitrogen and oxygen atoms in total. The van der Waals surface area contributed by atoms with E-state index in [1.807, 2.05) is 6.08 Å². The predicted molar refractivity (Wildman–Crippen MR) is 131 cm³/mol. The molecule has 1 aliphatic carbocycles. The minimum atomic E-state index is -4.57. The summed E-state index contributed by atoms with van der Waals surface area (Å²) in [5.74, 6) is -0.246. The molecule has 0 radical (unpaired) electrons. The second kappa shape index (κ2) is 8.65. The van der Waals surface area contributed by atoms with Crippen LogP contribution in [-0.4, -0.2) is 32.6 Å². The van der Waals surface area contributed by atoms with Crippen molar-refractivity contribution in [2.24, 2.45) is 10.4 Å². The maximum absolute atomic E-state index is 13.9. The van der Waals surface area contributed by atoms with Gasteiger partial charge in [0, 0.05) is 5.56 Å². The van der Waals surface area contributed by atoms with E-state index in [9.17, 15) is 26.4 Å². The number of alkyl halides is 3. The van der Waals surface area contributed by atoms with Crippen molar-refractivity contribution in [1.29, 1.82) is 0 Å². The molecular formula is C25H28F3N3O3S. The molecule has 4 rings (SSSR count). The Morgan fingerprint density at radius 1 is 1.06 bits per heavy atom. The molecule has 1 aromatic rings. The van der Waals surface area contributed by atoms with Gasteiger partial charge in [-0.25, -0.2) is 13.4 Å². The van der Waals surface area contributed by atoms with Crippen molar-refractivity contribution in [2.45, 2.75) is 59.6 Å². The minimum Gasteiger partial charge on any atom is -0.338 e. The molecule has 2 heterocycles. The van der Waals surface area contributed by atoms with Crippen molar-refractivity contribution < 1.29 is 26.4 Å². The standard InChI is InChI=1S/C25H28F3N3O3S/c1-15(32)16-5-11-20-21(13-16)31(14-17-6-12-22(25(26,27)28)30-23(17)29-20)35(33,34)19-9-7-18(8-10-19)24(2,3)4/h5,7,9,11,13,29H,6,8,10,12,14H2,1-4H3. The molecule has 1 aromatic carbocycles. The molecule has 0 atom stereocenters. The topological polar surface area (TPSA) is 78.8 Å². The summed E-state index contributed by atoms with van der Waals surface area (Å²) in [4.78, 5) is 16.1. The summed E-state index contributed by atoms with van der Waals surface area (Å²) in [5, 5.41) is 2.90. The van der Waals surface area contributed by atoms with Gasteiger partial charge in [-0.15, -0.1) is 0 Å². The first kappa shape index (κ1) is 25.2. The van der Waals surface area contributed by atoms with E-state index in [4.69, 9.17) is 0 Å². The van der Waals surface area contributed by atoms with Gasteiger partial charge in [-0.3, -0.25) is 9.10 Å². The van der Waals surface area contributed by atoms with Crippen LogP contribution < -0.4 is 9.62 Å². The van der Waals surface area contributed by atoms with Gasteiger partial charge >= 0.3 is 6.18 Å². The highest BCUT2D eigenvalue weighted by Gasteiger charge is 2.40. The van der Waals surface area contributed by atoms with Crippen molar-refractivity contribution in [3.8, 4) is 0 Å². The van der Waals surface area contributed by atoms with Gasteiger partial charge < -0.3 is 5.32 Å². The zero-order valence-electron chi connectivity index (χ0n) is 20.1. The fourth-order valence-electron chi connectivity index (χ4n) is 4.40. The molecule has 188 valence electrons. The predicted octanol–water partition coefficient (Wildman–Crippen LogP) is 6.11. The fourth-order valence-corrected chi connectivity index (χ4v) is 6.01. The lowest BCUT2D eigenvalue weighted by atomic mass is 9.82. The third-order valence-electron chi connectivity index (χ3n) is 6.53.